The first-order valence-corrected chi connectivity index (χ1v) is 6.48. The highest BCUT2D eigenvalue weighted by Crippen LogP contribution is 2.28. The number of halogens is 2. The standard InChI is InChI=1S/C13H15BrFNO/c1-13(4-5-16-8-13)12(17)7-9-2-3-11(15)10(14)6-9/h2-3,6,16H,4-5,7-8H2,1H3. The summed E-state index contributed by atoms with van der Waals surface area (Å²) in [4.78, 5) is 12.2. The molecular formula is C13H15BrFNO. The zero-order chi connectivity index (χ0) is 12.5. The van der Waals surface area contributed by atoms with Crippen molar-refractivity contribution in [2.24, 2.45) is 5.41 Å². The first-order chi connectivity index (χ1) is 8.01. The number of hydrogen-bond acceptors (Lipinski definition) is 2. The van der Waals surface area contributed by atoms with Gasteiger partial charge >= 0.3 is 0 Å². The van der Waals surface area contributed by atoms with Crippen LogP contribution in [0.5, 0.6) is 0 Å². The number of carbonyl (C=O) groups is 1. The average Bonchev–Trinajstić information content (AvgIpc) is 2.72. The molecule has 2 rings (SSSR count). The van der Waals surface area contributed by atoms with Crippen LogP contribution in [0.2, 0.25) is 0 Å². The second-order valence-electron chi connectivity index (χ2n) is 4.84. The molecule has 4 heteroatoms. The Morgan fingerprint density at radius 1 is 1.59 bits per heavy atom. The van der Waals surface area contributed by atoms with Gasteiger partial charge in [0.15, 0.2) is 0 Å². The minimum atomic E-state index is -0.296. The number of rotatable bonds is 3. The Bertz CT molecular complexity index is 441. The highest BCUT2D eigenvalue weighted by atomic mass is 79.9. The number of carbonyl (C=O) groups excluding carboxylic acids is 1. The summed E-state index contributed by atoms with van der Waals surface area (Å²) in [7, 11) is 0. The van der Waals surface area contributed by atoms with Crippen molar-refractivity contribution in [3.63, 3.8) is 0 Å². The molecule has 1 unspecified atom stereocenters. The van der Waals surface area contributed by atoms with Crippen molar-refractivity contribution in [2.45, 2.75) is 19.8 Å². The Kier molecular flexibility index (Phi) is 3.64. The predicted molar refractivity (Wildman–Crippen MR) is 68.4 cm³/mol. The van der Waals surface area contributed by atoms with Crippen molar-refractivity contribution in [1.82, 2.24) is 5.32 Å². The second kappa shape index (κ2) is 4.86. The Hall–Kier alpha value is -0.740. The second-order valence-corrected chi connectivity index (χ2v) is 5.69. The lowest BCUT2D eigenvalue weighted by molar-refractivity contribution is -0.126. The molecule has 0 spiro atoms. The molecule has 17 heavy (non-hydrogen) atoms. The van der Waals surface area contributed by atoms with Crippen molar-refractivity contribution in [1.29, 1.82) is 0 Å². The summed E-state index contributed by atoms with van der Waals surface area (Å²) in [5.41, 5.74) is 0.595. The van der Waals surface area contributed by atoms with Gasteiger partial charge in [-0.15, -0.1) is 0 Å². The molecular weight excluding hydrogens is 285 g/mol. The van der Waals surface area contributed by atoms with Crippen molar-refractivity contribution < 1.29 is 9.18 Å². The van der Waals surface area contributed by atoms with Crippen LogP contribution >= 0.6 is 15.9 Å². The van der Waals surface area contributed by atoms with Crippen LogP contribution in [-0.2, 0) is 11.2 Å². The summed E-state index contributed by atoms with van der Waals surface area (Å²) in [5, 5.41) is 3.21. The normalized spacial score (nSPS) is 23.9. The van der Waals surface area contributed by atoms with E-state index >= 15 is 0 Å². The molecule has 1 aromatic carbocycles. The third-order valence-electron chi connectivity index (χ3n) is 3.39. The Morgan fingerprint density at radius 3 is 2.94 bits per heavy atom. The molecule has 0 aliphatic carbocycles. The van der Waals surface area contributed by atoms with Gasteiger partial charge in [-0.1, -0.05) is 13.0 Å². The highest BCUT2D eigenvalue weighted by molar-refractivity contribution is 9.10. The summed E-state index contributed by atoms with van der Waals surface area (Å²) < 4.78 is 13.5. The molecule has 1 aliphatic rings. The van der Waals surface area contributed by atoms with Crippen LogP contribution in [-0.4, -0.2) is 18.9 Å². The maximum Gasteiger partial charge on any atom is 0.144 e. The first kappa shape index (κ1) is 12.7. The molecule has 0 aromatic heterocycles. The van der Waals surface area contributed by atoms with E-state index < -0.39 is 0 Å². The topological polar surface area (TPSA) is 29.1 Å². The summed E-state index contributed by atoms with van der Waals surface area (Å²) in [6, 6.07) is 4.74. The van der Waals surface area contributed by atoms with E-state index in [4.69, 9.17) is 0 Å². The van der Waals surface area contributed by atoms with E-state index in [0.717, 1.165) is 25.1 Å². The molecule has 0 saturated carbocycles. The van der Waals surface area contributed by atoms with Crippen LogP contribution in [0.25, 0.3) is 0 Å². The average molecular weight is 300 g/mol. The zero-order valence-corrected chi connectivity index (χ0v) is 11.3. The smallest absolute Gasteiger partial charge is 0.144 e. The Morgan fingerprint density at radius 2 is 2.35 bits per heavy atom. The quantitative estimate of drug-likeness (QED) is 0.930. The van der Waals surface area contributed by atoms with E-state index in [2.05, 4.69) is 21.2 Å². The van der Waals surface area contributed by atoms with Gasteiger partial charge in [-0.3, -0.25) is 4.79 Å². The maximum atomic E-state index is 13.1. The fourth-order valence-corrected chi connectivity index (χ4v) is 2.53. The molecule has 1 atom stereocenters. The number of ketones is 1. The van der Waals surface area contributed by atoms with E-state index in [1.54, 1.807) is 12.1 Å². The lowest BCUT2D eigenvalue weighted by Crippen LogP contribution is -2.31. The fraction of sp³-hybridized carbons (Fsp3) is 0.462. The third-order valence-corrected chi connectivity index (χ3v) is 4.00. The van der Waals surface area contributed by atoms with Crippen LogP contribution in [0.4, 0.5) is 4.39 Å². The molecule has 2 nitrogen and oxygen atoms in total. The molecule has 1 N–H and O–H groups in total. The van der Waals surface area contributed by atoms with Gasteiger partial charge in [-0.05, 0) is 46.6 Å². The monoisotopic (exact) mass is 299 g/mol. The third kappa shape index (κ3) is 2.75. The minimum Gasteiger partial charge on any atom is -0.316 e. The van der Waals surface area contributed by atoms with Crippen LogP contribution in [0, 0.1) is 11.2 Å². The maximum absolute atomic E-state index is 13.1. The molecule has 1 aromatic rings. The van der Waals surface area contributed by atoms with Gasteiger partial charge in [-0.2, -0.15) is 0 Å². The summed E-state index contributed by atoms with van der Waals surface area (Å²) in [5.74, 6) is -0.0732. The van der Waals surface area contributed by atoms with E-state index in [1.807, 2.05) is 6.92 Å². The highest BCUT2D eigenvalue weighted by Gasteiger charge is 2.35. The van der Waals surface area contributed by atoms with Crippen molar-refractivity contribution in [3.8, 4) is 0 Å². The lowest BCUT2D eigenvalue weighted by Gasteiger charge is -2.20. The number of benzene rings is 1. The Balaban J connectivity index is 2.10. The van der Waals surface area contributed by atoms with E-state index in [0.29, 0.717) is 10.9 Å². The van der Waals surface area contributed by atoms with Crippen molar-refractivity contribution in [3.05, 3.63) is 34.1 Å². The SMILES string of the molecule is CC1(C(=O)Cc2ccc(F)c(Br)c2)CCNC1. The number of hydrogen-bond donors (Lipinski definition) is 1. The van der Waals surface area contributed by atoms with E-state index in [9.17, 15) is 9.18 Å². The molecule has 1 saturated heterocycles. The molecule has 0 bridgehead atoms. The summed E-state index contributed by atoms with van der Waals surface area (Å²) in [6.07, 6.45) is 1.26. The Labute approximate surface area is 109 Å². The van der Waals surface area contributed by atoms with Gasteiger partial charge in [0.25, 0.3) is 0 Å². The van der Waals surface area contributed by atoms with Crippen molar-refractivity contribution >= 4 is 21.7 Å². The molecule has 1 fully saturated rings. The van der Waals surface area contributed by atoms with Gasteiger partial charge in [0.2, 0.25) is 0 Å². The van der Waals surface area contributed by atoms with E-state index in [1.165, 1.54) is 6.07 Å². The summed E-state index contributed by atoms with van der Waals surface area (Å²) >= 11 is 3.13. The van der Waals surface area contributed by atoms with E-state index in [-0.39, 0.29) is 17.0 Å². The van der Waals surface area contributed by atoms with Gasteiger partial charge < -0.3 is 5.32 Å². The molecule has 0 radical (unpaired) electrons. The number of nitrogens with one attached hydrogen (secondary N) is 1. The summed E-state index contributed by atoms with van der Waals surface area (Å²) in [6.45, 7) is 3.64. The first-order valence-electron chi connectivity index (χ1n) is 5.69. The lowest BCUT2D eigenvalue weighted by atomic mass is 9.82. The molecule has 0 amide bonds. The van der Waals surface area contributed by atoms with Gasteiger partial charge in [0.05, 0.1) is 4.47 Å². The molecule has 1 heterocycles. The van der Waals surface area contributed by atoms with Crippen LogP contribution < -0.4 is 5.32 Å². The fourth-order valence-electron chi connectivity index (χ4n) is 2.10. The zero-order valence-electron chi connectivity index (χ0n) is 9.72. The van der Waals surface area contributed by atoms with Crippen LogP contribution in [0.3, 0.4) is 0 Å². The van der Waals surface area contributed by atoms with Crippen LogP contribution in [0.15, 0.2) is 22.7 Å². The molecule has 92 valence electrons. The number of Topliss-reactive ketones (excluding diaryl/α,β-unsaturated/α-hetero) is 1. The minimum absolute atomic E-state index is 0.223. The van der Waals surface area contributed by atoms with Gasteiger partial charge in [0, 0.05) is 18.4 Å². The van der Waals surface area contributed by atoms with Gasteiger partial charge in [0.1, 0.15) is 11.6 Å². The van der Waals surface area contributed by atoms with Crippen molar-refractivity contribution in [2.75, 3.05) is 13.1 Å². The predicted octanol–water partition coefficient (Wildman–Crippen LogP) is 2.70. The molecule has 1 aliphatic heterocycles. The van der Waals surface area contributed by atoms with Gasteiger partial charge in [-0.25, -0.2) is 4.39 Å². The van der Waals surface area contributed by atoms with Crippen LogP contribution in [0.1, 0.15) is 18.9 Å². The largest absolute Gasteiger partial charge is 0.316 e.